The minimum absolute atomic E-state index is 0.972. The van der Waals surface area contributed by atoms with Gasteiger partial charge >= 0.3 is 0 Å². The van der Waals surface area contributed by atoms with Crippen LogP contribution in [0.2, 0.25) is 0 Å². The molecule has 0 bridgehead atoms. The minimum Gasteiger partial charge on any atom is -0.103 e. The average Bonchev–Trinajstić information content (AvgIpc) is 1.80. The summed E-state index contributed by atoms with van der Waals surface area (Å²) in [6, 6.07) is 0. The fraction of sp³-hybridized carbons (Fsp3) is 0.667. The number of unbranched alkanes of at least 4 members (excludes halogenated alkanes) is 1. The predicted octanol–water partition coefficient (Wildman–Crippen LogP) is 2.79. The fourth-order valence-corrected chi connectivity index (χ4v) is 0.453. The summed E-state index contributed by atoms with van der Waals surface area (Å²) in [5.74, 6) is 7.60. The summed E-state index contributed by atoms with van der Waals surface area (Å²) in [5.41, 5.74) is 0. The summed E-state index contributed by atoms with van der Waals surface area (Å²) in [5, 5.41) is 0. The van der Waals surface area contributed by atoms with Gasteiger partial charge in [-0.25, -0.2) is 0 Å². The number of rotatable bonds is 2. The predicted molar refractivity (Wildman–Crippen MR) is 41.9 cm³/mol. The molecule has 0 N–H and O–H groups in total. The van der Waals surface area contributed by atoms with Crippen LogP contribution in [0.25, 0.3) is 0 Å². The lowest BCUT2D eigenvalue weighted by Gasteiger charge is -1.91. The quantitative estimate of drug-likeness (QED) is 0.495. The van der Waals surface area contributed by atoms with Gasteiger partial charge in [0, 0.05) is 12.8 Å². The molecular formula is C9H15. The first-order valence-electron chi connectivity index (χ1n) is 3.52. The van der Waals surface area contributed by atoms with Crippen LogP contribution in [0.3, 0.4) is 0 Å². The normalized spacial score (nSPS) is 8.89. The van der Waals surface area contributed by atoms with Gasteiger partial charge in [0.2, 0.25) is 0 Å². The summed E-state index contributed by atoms with van der Waals surface area (Å²) >= 11 is 0. The molecule has 0 heteroatoms. The van der Waals surface area contributed by atoms with Crippen LogP contribution in [0.15, 0.2) is 0 Å². The highest BCUT2D eigenvalue weighted by atomic mass is 13.9. The van der Waals surface area contributed by atoms with Crippen molar-refractivity contribution in [1.29, 1.82) is 0 Å². The van der Waals surface area contributed by atoms with E-state index >= 15 is 0 Å². The highest BCUT2D eigenvalue weighted by molar-refractivity contribution is 5.04. The summed E-state index contributed by atoms with van der Waals surface area (Å²) < 4.78 is 0. The van der Waals surface area contributed by atoms with Crippen LogP contribution in [-0.4, -0.2) is 0 Å². The van der Waals surface area contributed by atoms with Gasteiger partial charge < -0.3 is 0 Å². The molecule has 51 valence electrons. The Labute approximate surface area is 58.7 Å². The van der Waals surface area contributed by atoms with Crippen LogP contribution in [-0.2, 0) is 0 Å². The first-order chi connectivity index (χ1) is 4.27. The minimum atomic E-state index is 0.972. The lowest BCUT2D eigenvalue weighted by molar-refractivity contribution is 0.972. The molecule has 0 rings (SSSR count). The molecular weight excluding hydrogens is 108 g/mol. The van der Waals surface area contributed by atoms with Gasteiger partial charge in [-0.2, -0.15) is 0 Å². The molecule has 0 aliphatic carbocycles. The Morgan fingerprint density at radius 1 is 1.22 bits per heavy atom. The lowest BCUT2D eigenvalue weighted by atomic mass is 10.1. The van der Waals surface area contributed by atoms with Crippen molar-refractivity contribution in [3.8, 4) is 11.8 Å². The van der Waals surface area contributed by atoms with Crippen LogP contribution in [0.1, 0.15) is 40.0 Å². The van der Waals surface area contributed by atoms with Crippen molar-refractivity contribution < 1.29 is 0 Å². The Balaban J connectivity index is 3.16. The summed E-state index contributed by atoms with van der Waals surface area (Å²) in [4.78, 5) is 0. The van der Waals surface area contributed by atoms with E-state index < -0.39 is 0 Å². The molecule has 1 radical (unpaired) electrons. The zero-order valence-corrected chi connectivity index (χ0v) is 6.62. The van der Waals surface area contributed by atoms with Gasteiger partial charge in [-0.1, -0.05) is 20.8 Å². The van der Waals surface area contributed by atoms with Crippen LogP contribution in [0.5, 0.6) is 0 Å². The van der Waals surface area contributed by atoms with Gasteiger partial charge in [0.1, 0.15) is 0 Å². The Morgan fingerprint density at radius 2 is 1.89 bits per heavy atom. The molecule has 0 aliphatic rings. The van der Waals surface area contributed by atoms with E-state index in [1.54, 1.807) is 0 Å². The molecule has 0 atom stereocenters. The smallest absolute Gasteiger partial charge is 0.0145 e. The maximum Gasteiger partial charge on any atom is 0.0145 e. The van der Waals surface area contributed by atoms with Crippen molar-refractivity contribution in [1.82, 2.24) is 0 Å². The second-order valence-electron chi connectivity index (χ2n) is 2.49. The fourth-order valence-electron chi connectivity index (χ4n) is 0.453. The van der Waals surface area contributed by atoms with E-state index in [2.05, 4.69) is 32.6 Å². The molecule has 0 nitrogen and oxygen atoms in total. The Hall–Kier alpha value is -0.440. The standard InChI is InChI=1S/C9H15/c1-4-5-6-7-8-9(2)3/h4-5,8H2,1-3H3. The molecule has 0 aliphatic heterocycles. The third-order valence-corrected chi connectivity index (χ3v) is 0.942. The van der Waals surface area contributed by atoms with Crippen molar-refractivity contribution in [2.45, 2.75) is 40.0 Å². The van der Waals surface area contributed by atoms with Crippen molar-refractivity contribution in [3.05, 3.63) is 5.92 Å². The third kappa shape index (κ3) is 7.56. The van der Waals surface area contributed by atoms with Gasteiger partial charge in [0.05, 0.1) is 0 Å². The molecule has 0 saturated heterocycles. The van der Waals surface area contributed by atoms with Gasteiger partial charge in [-0.15, -0.1) is 11.8 Å². The maximum atomic E-state index is 3.10. The van der Waals surface area contributed by atoms with E-state index in [1.165, 1.54) is 12.3 Å². The molecule has 0 saturated carbocycles. The largest absolute Gasteiger partial charge is 0.103 e. The zero-order chi connectivity index (χ0) is 7.11. The van der Waals surface area contributed by atoms with Crippen LogP contribution < -0.4 is 0 Å². The van der Waals surface area contributed by atoms with Crippen LogP contribution in [0.4, 0.5) is 0 Å². The Bertz CT molecular complexity index is 101. The van der Waals surface area contributed by atoms with Crippen molar-refractivity contribution in [2.24, 2.45) is 0 Å². The average molecular weight is 123 g/mol. The molecule has 9 heavy (non-hydrogen) atoms. The van der Waals surface area contributed by atoms with E-state index in [4.69, 9.17) is 0 Å². The molecule has 0 unspecified atom stereocenters. The molecule has 0 spiro atoms. The lowest BCUT2D eigenvalue weighted by Crippen LogP contribution is -1.78. The Morgan fingerprint density at radius 3 is 2.33 bits per heavy atom. The Kier molecular flexibility index (Phi) is 5.41. The van der Waals surface area contributed by atoms with E-state index in [0.717, 1.165) is 12.8 Å². The maximum absolute atomic E-state index is 3.10. The highest BCUT2D eigenvalue weighted by Gasteiger charge is 1.85. The third-order valence-electron chi connectivity index (χ3n) is 0.942. The highest BCUT2D eigenvalue weighted by Crippen LogP contribution is 1.98. The van der Waals surface area contributed by atoms with E-state index in [0.29, 0.717) is 0 Å². The first kappa shape index (κ1) is 8.56. The summed E-state index contributed by atoms with van der Waals surface area (Å²) in [6.07, 6.45) is 3.20. The molecule has 0 amide bonds. The number of hydrogen-bond donors (Lipinski definition) is 0. The van der Waals surface area contributed by atoms with Gasteiger partial charge in [-0.05, 0) is 12.3 Å². The first-order valence-corrected chi connectivity index (χ1v) is 3.52. The zero-order valence-electron chi connectivity index (χ0n) is 6.62. The molecule has 0 heterocycles. The van der Waals surface area contributed by atoms with Gasteiger partial charge in [-0.3, -0.25) is 0 Å². The van der Waals surface area contributed by atoms with Crippen LogP contribution >= 0.6 is 0 Å². The second kappa shape index (κ2) is 5.69. The summed E-state index contributed by atoms with van der Waals surface area (Å²) in [7, 11) is 0. The molecule has 0 aromatic heterocycles. The van der Waals surface area contributed by atoms with Gasteiger partial charge in [0.15, 0.2) is 0 Å². The van der Waals surface area contributed by atoms with Crippen molar-refractivity contribution >= 4 is 0 Å². The molecule has 0 aromatic carbocycles. The van der Waals surface area contributed by atoms with E-state index in [1.807, 2.05) is 0 Å². The van der Waals surface area contributed by atoms with Crippen molar-refractivity contribution in [3.63, 3.8) is 0 Å². The monoisotopic (exact) mass is 123 g/mol. The second-order valence-corrected chi connectivity index (χ2v) is 2.49. The molecule has 0 fully saturated rings. The number of hydrogen-bond acceptors (Lipinski definition) is 0. The van der Waals surface area contributed by atoms with E-state index in [-0.39, 0.29) is 0 Å². The van der Waals surface area contributed by atoms with E-state index in [9.17, 15) is 0 Å². The molecule has 0 aromatic rings. The SMILES string of the molecule is CCCC#CC[C](C)C. The van der Waals surface area contributed by atoms with Gasteiger partial charge in [0.25, 0.3) is 0 Å². The van der Waals surface area contributed by atoms with Crippen LogP contribution in [0, 0.1) is 17.8 Å². The topological polar surface area (TPSA) is 0 Å². The van der Waals surface area contributed by atoms with Crippen molar-refractivity contribution in [2.75, 3.05) is 0 Å². The summed E-state index contributed by atoms with van der Waals surface area (Å²) in [6.45, 7) is 6.37.